The normalized spacial score (nSPS) is 27.4. The molecule has 5 heteroatoms. The average molecular weight is 281 g/mol. The Bertz CT molecular complexity index is 457. The first-order chi connectivity index (χ1) is 9.70. The van der Waals surface area contributed by atoms with Gasteiger partial charge in [0, 0.05) is 31.6 Å². The van der Waals surface area contributed by atoms with E-state index in [0.717, 1.165) is 31.9 Å². The zero-order valence-electron chi connectivity index (χ0n) is 11.4. The second-order valence-electron chi connectivity index (χ2n) is 5.74. The molecule has 0 bridgehead atoms. The van der Waals surface area contributed by atoms with E-state index in [-0.39, 0.29) is 11.5 Å². The first-order valence-corrected chi connectivity index (χ1v) is 7.19. The fourth-order valence-corrected chi connectivity index (χ4v) is 3.31. The summed E-state index contributed by atoms with van der Waals surface area (Å²) >= 11 is 0. The van der Waals surface area contributed by atoms with Crippen molar-refractivity contribution in [3.05, 3.63) is 29.8 Å². The molecule has 4 nitrogen and oxygen atoms in total. The summed E-state index contributed by atoms with van der Waals surface area (Å²) in [4.78, 5) is 3.73. The summed E-state index contributed by atoms with van der Waals surface area (Å²) < 4.78 is 25.1. The quantitative estimate of drug-likeness (QED) is 0.903. The Morgan fingerprint density at radius 2 is 2.15 bits per heavy atom. The number of halogens is 1. The second-order valence-corrected chi connectivity index (χ2v) is 5.74. The fraction of sp³-hybridized carbons (Fsp3) is 0.667. The van der Waals surface area contributed by atoms with Gasteiger partial charge in [-0.15, -0.1) is 0 Å². The van der Waals surface area contributed by atoms with Gasteiger partial charge in [-0.2, -0.15) is 0 Å². The lowest BCUT2D eigenvalue weighted by atomic mass is 9.77. The van der Waals surface area contributed by atoms with Crippen LogP contribution in [0.15, 0.2) is 18.5 Å². The van der Waals surface area contributed by atoms with Crippen LogP contribution in [0.3, 0.4) is 0 Å². The molecular weight excluding hydrogens is 261 g/mol. The number of aliphatic hydroxyl groups excluding tert-OH is 1. The number of aliphatic hydroxyl groups is 1. The van der Waals surface area contributed by atoms with Crippen LogP contribution in [0, 0.1) is 11.7 Å². The highest BCUT2D eigenvalue weighted by molar-refractivity contribution is 5.17. The maximum absolute atomic E-state index is 13.8. The van der Waals surface area contributed by atoms with Crippen LogP contribution in [0.4, 0.5) is 4.39 Å². The van der Waals surface area contributed by atoms with Gasteiger partial charge in [-0.05, 0) is 37.7 Å². The number of hydrogen-bond donors (Lipinski definition) is 1. The molecule has 3 rings (SSSR count). The summed E-state index contributed by atoms with van der Waals surface area (Å²) in [5, 5.41) is 10.5. The van der Waals surface area contributed by atoms with E-state index in [0.29, 0.717) is 25.4 Å². The van der Waals surface area contributed by atoms with Crippen LogP contribution >= 0.6 is 0 Å². The highest BCUT2D eigenvalue weighted by Crippen LogP contribution is 2.42. The predicted molar refractivity (Wildman–Crippen MR) is 70.6 cm³/mol. The van der Waals surface area contributed by atoms with Crippen LogP contribution in [0.1, 0.15) is 37.4 Å². The van der Waals surface area contributed by atoms with Gasteiger partial charge in [-0.25, -0.2) is 4.39 Å². The van der Waals surface area contributed by atoms with Crippen molar-refractivity contribution in [1.29, 1.82) is 0 Å². The lowest BCUT2D eigenvalue weighted by Gasteiger charge is -2.44. The molecule has 0 aliphatic carbocycles. The summed E-state index contributed by atoms with van der Waals surface area (Å²) in [6.45, 7) is 2.02. The summed E-state index contributed by atoms with van der Waals surface area (Å²) in [5.41, 5.74) is 0.153. The first kappa shape index (κ1) is 13.9. The first-order valence-electron chi connectivity index (χ1n) is 7.19. The van der Waals surface area contributed by atoms with Crippen molar-refractivity contribution in [3.63, 3.8) is 0 Å². The topological polar surface area (TPSA) is 51.6 Å². The molecule has 0 radical (unpaired) electrons. The third kappa shape index (κ3) is 2.71. The SMILES string of the molecule is OC(c1ccncc1F)C1CCOC2(CCOCC2)C1. The largest absolute Gasteiger partial charge is 0.388 e. The molecule has 1 aromatic heterocycles. The number of nitrogens with zero attached hydrogens (tertiary/aromatic N) is 1. The summed E-state index contributed by atoms with van der Waals surface area (Å²) in [7, 11) is 0. The van der Waals surface area contributed by atoms with Crippen molar-refractivity contribution >= 4 is 0 Å². The number of rotatable bonds is 2. The third-order valence-electron chi connectivity index (χ3n) is 4.50. The van der Waals surface area contributed by atoms with Crippen molar-refractivity contribution in [1.82, 2.24) is 4.98 Å². The van der Waals surface area contributed by atoms with Gasteiger partial charge >= 0.3 is 0 Å². The summed E-state index contributed by atoms with van der Waals surface area (Å²) in [5.74, 6) is -0.411. The Kier molecular flexibility index (Phi) is 4.01. The van der Waals surface area contributed by atoms with Crippen LogP contribution in [-0.4, -0.2) is 35.5 Å². The van der Waals surface area contributed by atoms with Gasteiger partial charge < -0.3 is 14.6 Å². The molecule has 1 aromatic rings. The van der Waals surface area contributed by atoms with Crippen LogP contribution < -0.4 is 0 Å². The Labute approximate surface area is 117 Å². The molecular formula is C15H20FNO3. The monoisotopic (exact) mass is 281 g/mol. The van der Waals surface area contributed by atoms with Gasteiger partial charge in [0.05, 0.1) is 17.9 Å². The Morgan fingerprint density at radius 3 is 2.90 bits per heavy atom. The molecule has 2 aliphatic heterocycles. The third-order valence-corrected chi connectivity index (χ3v) is 4.50. The molecule has 0 aromatic carbocycles. The van der Waals surface area contributed by atoms with Gasteiger partial charge in [0.25, 0.3) is 0 Å². The average Bonchev–Trinajstić information content (AvgIpc) is 2.48. The molecule has 2 aliphatic rings. The molecule has 3 heterocycles. The van der Waals surface area contributed by atoms with E-state index in [2.05, 4.69) is 4.98 Å². The van der Waals surface area contributed by atoms with E-state index in [9.17, 15) is 9.50 Å². The maximum Gasteiger partial charge on any atom is 0.147 e. The van der Waals surface area contributed by atoms with Crippen molar-refractivity contribution in [2.24, 2.45) is 5.92 Å². The van der Waals surface area contributed by atoms with Crippen molar-refractivity contribution in [2.45, 2.75) is 37.4 Å². The van der Waals surface area contributed by atoms with Crippen molar-refractivity contribution < 1.29 is 19.0 Å². The Hall–Kier alpha value is -1.04. The minimum absolute atomic E-state index is 0.0266. The van der Waals surface area contributed by atoms with E-state index < -0.39 is 11.9 Å². The van der Waals surface area contributed by atoms with Gasteiger partial charge in [0.15, 0.2) is 0 Å². The van der Waals surface area contributed by atoms with E-state index in [1.54, 1.807) is 6.07 Å². The van der Waals surface area contributed by atoms with Crippen molar-refractivity contribution in [2.75, 3.05) is 19.8 Å². The zero-order valence-corrected chi connectivity index (χ0v) is 11.4. The summed E-state index contributed by atoms with van der Waals surface area (Å²) in [6, 6.07) is 1.56. The molecule has 2 atom stereocenters. The standard InChI is InChI=1S/C15H20FNO3/c16-13-10-17-5-1-12(13)14(18)11-2-6-20-15(9-11)3-7-19-8-4-15/h1,5,10-11,14,18H,2-4,6-9H2. The minimum Gasteiger partial charge on any atom is -0.388 e. The van der Waals surface area contributed by atoms with Crippen LogP contribution in [-0.2, 0) is 9.47 Å². The lowest BCUT2D eigenvalue weighted by Crippen LogP contribution is -2.45. The predicted octanol–water partition coefficient (Wildman–Crippen LogP) is 2.23. The number of aromatic nitrogens is 1. The maximum atomic E-state index is 13.8. The lowest BCUT2D eigenvalue weighted by molar-refractivity contribution is -0.159. The van der Waals surface area contributed by atoms with Gasteiger partial charge in [-0.3, -0.25) is 4.98 Å². The van der Waals surface area contributed by atoms with E-state index in [1.807, 2.05) is 0 Å². The van der Waals surface area contributed by atoms with Crippen LogP contribution in [0.2, 0.25) is 0 Å². The molecule has 20 heavy (non-hydrogen) atoms. The highest BCUT2D eigenvalue weighted by atomic mass is 19.1. The fourth-order valence-electron chi connectivity index (χ4n) is 3.31. The number of ether oxygens (including phenoxy) is 2. The number of hydrogen-bond acceptors (Lipinski definition) is 4. The molecule has 2 saturated heterocycles. The second kappa shape index (κ2) is 5.76. The highest BCUT2D eigenvalue weighted by Gasteiger charge is 2.41. The van der Waals surface area contributed by atoms with Crippen molar-refractivity contribution in [3.8, 4) is 0 Å². The molecule has 2 unspecified atom stereocenters. The minimum atomic E-state index is -0.790. The van der Waals surface area contributed by atoms with Gasteiger partial charge in [-0.1, -0.05) is 0 Å². The molecule has 2 fully saturated rings. The molecule has 0 amide bonds. The Balaban J connectivity index is 1.75. The molecule has 0 saturated carbocycles. The van der Waals surface area contributed by atoms with E-state index >= 15 is 0 Å². The molecule has 1 spiro atoms. The van der Waals surface area contributed by atoms with Crippen LogP contribution in [0.25, 0.3) is 0 Å². The molecule has 1 N–H and O–H groups in total. The van der Waals surface area contributed by atoms with E-state index in [1.165, 1.54) is 6.20 Å². The Morgan fingerprint density at radius 1 is 1.35 bits per heavy atom. The van der Waals surface area contributed by atoms with Crippen LogP contribution in [0.5, 0.6) is 0 Å². The zero-order chi connectivity index (χ0) is 14.0. The summed E-state index contributed by atoms with van der Waals surface area (Å²) in [6.07, 6.45) is 5.11. The van der Waals surface area contributed by atoms with E-state index in [4.69, 9.17) is 9.47 Å². The number of pyridine rings is 1. The van der Waals surface area contributed by atoms with Gasteiger partial charge in [0.1, 0.15) is 5.82 Å². The molecule has 110 valence electrons. The smallest absolute Gasteiger partial charge is 0.147 e. The van der Waals surface area contributed by atoms with Gasteiger partial charge in [0.2, 0.25) is 0 Å².